The van der Waals surface area contributed by atoms with Crippen molar-refractivity contribution in [3.05, 3.63) is 35.2 Å². The molecule has 0 saturated heterocycles. The van der Waals surface area contributed by atoms with Crippen LogP contribution in [0.3, 0.4) is 0 Å². The summed E-state index contributed by atoms with van der Waals surface area (Å²) in [6, 6.07) is 3.39. The summed E-state index contributed by atoms with van der Waals surface area (Å²) in [6.07, 6.45) is 0.134. The van der Waals surface area contributed by atoms with Crippen molar-refractivity contribution in [2.24, 2.45) is 0 Å². The lowest BCUT2D eigenvalue weighted by Crippen LogP contribution is -2.32. The lowest BCUT2D eigenvalue weighted by atomic mass is 9.71. The molecule has 0 aliphatic carbocycles. The van der Waals surface area contributed by atoms with Gasteiger partial charge < -0.3 is 29.7 Å². The lowest BCUT2D eigenvalue weighted by molar-refractivity contribution is -0.0451. The molecule has 2 aromatic rings. The van der Waals surface area contributed by atoms with Crippen LogP contribution >= 0.6 is 0 Å². The normalized spacial score (nSPS) is 16.9. The zero-order valence-electron chi connectivity index (χ0n) is 13.0. The minimum atomic E-state index is -1.80. The maximum Gasteiger partial charge on any atom is 0.523 e. The van der Waals surface area contributed by atoms with Gasteiger partial charge in [-0.15, -0.1) is 5.10 Å². The molecule has 2 heterocycles. The Morgan fingerprint density at radius 2 is 2.25 bits per heavy atom. The fourth-order valence-electron chi connectivity index (χ4n) is 2.93. The molecular weight excluding hydrogens is 317 g/mol. The van der Waals surface area contributed by atoms with E-state index in [1.807, 2.05) is 0 Å². The zero-order chi connectivity index (χ0) is 17.3. The highest BCUT2D eigenvalue weighted by Crippen LogP contribution is 2.44. The van der Waals surface area contributed by atoms with Crippen molar-refractivity contribution in [3.63, 3.8) is 0 Å². The number of benzene rings is 1. The Balaban J connectivity index is 1.98. The number of hydrogen-bond acceptors (Lipinski definition) is 8. The van der Waals surface area contributed by atoms with E-state index in [0.29, 0.717) is 24.1 Å². The Labute approximate surface area is 138 Å². The Morgan fingerprint density at radius 1 is 1.46 bits per heavy atom. The van der Waals surface area contributed by atoms with Crippen LogP contribution in [-0.2, 0) is 13.2 Å². The number of aromatic nitrogens is 3. The van der Waals surface area contributed by atoms with Crippen molar-refractivity contribution in [1.29, 1.82) is 0 Å². The molecule has 3 rings (SSSR count). The van der Waals surface area contributed by atoms with E-state index in [1.165, 1.54) is 7.11 Å². The number of methoxy groups -OCH3 is 1. The van der Waals surface area contributed by atoms with Gasteiger partial charge in [-0.1, -0.05) is 11.3 Å². The van der Waals surface area contributed by atoms with Gasteiger partial charge in [0.1, 0.15) is 17.2 Å². The molecule has 10 heteroatoms. The van der Waals surface area contributed by atoms with Crippen molar-refractivity contribution in [1.82, 2.24) is 15.0 Å². The van der Waals surface area contributed by atoms with Crippen LogP contribution in [0.15, 0.2) is 18.3 Å². The van der Waals surface area contributed by atoms with E-state index in [4.69, 9.17) is 14.5 Å². The highest BCUT2D eigenvalue weighted by molar-refractivity contribution is 6.44. The van der Waals surface area contributed by atoms with Gasteiger partial charge >= 0.3 is 7.12 Å². The van der Waals surface area contributed by atoms with E-state index in [0.717, 1.165) is 0 Å². The van der Waals surface area contributed by atoms with E-state index < -0.39 is 13.4 Å². The molecule has 1 aliphatic rings. The van der Waals surface area contributed by atoms with Gasteiger partial charge in [0, 0.05) is 18.8 Å². The van der Waals surface area contributed by atoms with Crippen LogP contribution in [0.25, 0.3) is 0 Å². The Morgan fingerprint density at radius 3 is 2.88 bits per heavy atom. The fourth-order valence-corrected chi connectivity index (χ4v) is 2.93. The second kappa shape index (κ2) is 6.77. The SMILES string of the molecule is COc1ccc2c(c1C(O)O)OB(O)CC2Cn1cc(CO)nn1. The first-order valence-corrected chi connectivity index (χ1v) is 7.45. The summed E-state index contributed by atoms with van der Waals surface area (Å²) in [5, 5.41) is 46.1. The van der Waals surface area contributed by atoms with Crippen LogP contribution in [-0.4, -0.2) is 49.6 Å². The van der Waals surface area contributed by atoms with Crippen LogP contribution in [0.4, 0.5) is 0 Å². The summed E-state index contributed by atoms with van der Waals surface area (Å²) in [5.41, 5.74) is 1.24. The Hall–Kier alpha value is -2.14. The first kappa shape index (κ1) is 16.7. The third-order valence-corrected chi connectivity index (χ3v) is 4.00. The van der Waals surface area contributed by atoms with Gasteiger partial charge in [-0.05, 0) is 11.6 Å². The number of aliphatic hydroxyl groups excluding tert-OH is 2. The molecule has 1 atom stereocenters. The third-order valence-electron chi connectivity index (χ3n) is 4.00. The molecule has 0 amide bonds. The minimum Gasteiger partial charge on any atom is -0.535 e. The molecule has 1 aromatic carbocycles. The lowest BCUT2D eigenvalue weighted by Gasteiger charge is -2.30. The van der Waals surface area contributed by atoms with E-state index in [9.17, 15) is 15.2 Å². The Bertz CT molecular complexity index is 723. The van der Waals surface area contributed by atoms with Crippen molar-refractivity contribution in [3.8, 4) is 11.5 Å². The van der Waals surface area contributed by atoms with Crippen molar-refractivity contribution in [2.45, 2.75) is 31.7 Å². The summed E-state index contributed by atoms with van der Waals surface area (Å²) >= 11 is 0. The number of rotatable bonds is 5. The van der Waals surface area contributed by atoms with E-state index in [-0.39, 0.29) is 29.6 Å². The van der Waals surface area contributed by atoms with Gasteiger partial charge in [-0.25, -0.2) is 0 Å². The molecule has 0 fully saturated rings. The van der Waals surface area contributed by atoms with Crippen LogP contribution < -0.4 is 9.39 Å². The average molecular weight is 335 g/mol. The number of fused-ring (bicyclic) bond motifs is 1. The molecule has 24 heavy (non-hydrogen) atoms. The van der Waals surface area contributed by atoms with E-state index in [2.05, 4.69) is 10.3 Å². The fraction of sp³-hybridized carbons (Fsp3) is 0.429. The van der Waals surface area contributed by atoms with Gasteiger partial charge in [0.2, 0.25) is 0 Å². The predicted octanol–water partition coefficient (Wildman–Crippen LogP) is -0.581. The maximum absolute atomic E-state index is 10.0. The largest absolute Gasteiger partial charge is 0.535 e. The standard InChI is InChI=1S/C14H18BN3O6/c1-23-11-3-2-10-8(5-18-6-9(7-19)16-17-18)4-15(22)24-13(10)12(11)14(20)21/h2-3,6,8,14,19-22H,4-5,7H2,1H3. The molecule has 0 bridgehead atoms. The monoisotopic (exact) mass is 335 g/mol. The number of nitrogens with zero attached hydrogens (tertiary/aromatic N) is 3. The van der Waals surface area contributed by atoms with Crippen LogP contribution in [0.5, 0.6) is 11.5 Å². The molecular formula is C14H18BN3O6. The second-order valence-corrected chi connectivity index (χ2v) is 5.57. The third kappa shape index (κ3) is 3.09. The van der Waals surface area contributed by atoms with E-state index >= 15 is 0 Å². The van der Waals surface area contributed by atoms with Gasteiger partial charge in [-0.3, -0.25) is 4.68 Å². The van der Waals surface area contributed by atoms with E-state index in [1.54, 1.807) is 23.0 Å². The number of hydrogen-bond donors (Lipinski definition) is 4. The first-order valence-electron chi connectivity index (χ1n) is 7.45. The van der Waals surface area contributed by atoms with Gasteiger partial charge in [0.25, 0.3) is 0 Å². The molecule has 0 saturated carbocycles. The Kier molecular flexibility index (Phi) is 4.72. The molecule has 1 aliphatic heterocycles. The highest BCUT2D eigenvalue weighted by atomic mass is 16.5. The summed E-state index contributed by atoms with van der Waals surface area (Å²) in [7, 11) is 0.323. The summed E-state index contributed by atoms with van der Waals surface area (Å²) < 4.78 is 12.1. The van der Waals surface area contributed by atoms with Crippen LogP contribution in [0, 0.1) is 0 Å². The molecule has 1 aromatic heterocycles. The summed E-state index contributed by atoms with van der Waals surface area (Å²) in [4.78, 5) is 0. The topological polar surface area (TPSA) is 130 Å². The predicted molar refractivity (Wildman–Crippen MR) is 82.3 cm³/mol. The number of aliphatic hydroxyl groups is 3. The van der Waals surface area contributed by atoms with Gasteiger partial charge in [-0.2, -0.15) is 0 Å². The van der Waals surface area contributed by atoms with Crippen molar-refractivity contribution in [2.75, 3.05) is 7.11 Å². The molecule has 128 valence electrons. The number of ether oxygens (including phenoxy) is 1. The molecule has 1 unspecified atom stereocenters. The van der Waals surface area contributed by atoms with Crippen LogP contribution in [0.1, 0.15) is 29.0 Å². The smallest absolute Gasteiger partial charge is 0.523 e. The summed E-state index contributed by atoms with van der Waals surface area (Å²) in [5.74, 6) is 0.288. The van der Waals surface area contributed by atoms with Crippen molar-refractivity contribution >= 4 is 7.12 Å². The molecule has 0 radical (unpaired) electrons. The average Bonchev–Trinajstić information content (AvgIpc) is 3.00. The first-order chi connectivity index (χ1) is 11.5. The minimum absolute atomic E-state index is 0.0772. The molecule has 0 spiro atoms. The summed E-state index contributed by atoms with van der Waals surface area (Å²) in [6.45, 7) is 0.193. The van der Waals surface area contributed by atoms with Crippen LogP contribution in [0.2, 0.25) is 6.32 Å². The highest BCUT2D eigenvalue weighted by Gasteiger charge is 2.35. The molecule has 9 nitrogen and oxygen atoms in total. The zero-order valence-corrected chi connectivity index (χ0v) is 13.0. The quantitative estimate of drug-likeness (QED) is 0.422. The second-order valence-electron chi connectivity index (χ2n) is 5.57. The van der Waals surface area contributed by atoms with Gasteiger partial charge in [0.05, 0.1) is 25.5 Å². The van der Waals surface area contributed by atoms with Crippen molar-refractivity contribution < 1.29 is 29.7 Å². The van der Waals surface area contributed by atoms with Gasteiger partial charge in [0.15, 0.2) is 6.29 Å². The maximum atomic E-state index is 10.0. The molecule has 4 N–H and O–H groups in total.